The lowest BCUT2D eigenvalue weighted by molar-refractivity contribution is -0.135. The molecular weight excluding hydrogens is 883 g/mol. The number of guanidine groups is 1. The van der Waals surface area contributed by atoms with Crippen LogP contribution >= 0.6 is 0 Å². The number of H-pyrrole nitrogens is 3. The first kappa shape index (κ1) is 49.0. The summed E-state index contributed by atoms with van der Waals surface area (Å²) in [5, 5.41) is 27.7. The van der Waals surface area contributed by atoms with Crippen LogP contribution in [0.1, 0.15) is 54.7 Å². The zero-order chi connectivity index (χ0) is 48.9. The Kier molecular flexibility index (Phi) is 16.3. The lowest BCUT2D eigenvalue weighted by Gasteiger charge is -2.27. The molecule has 0 radical (unpaired) electrons. The molecule has 24 nitrogen and oxygen atoms in total. The Bertz CT molecular complexity index is 2690. The zero-order valence-electron chi connectivity index (χ0n) is 37.0. The van der Waals surface area contributed by atoms with E-state index in [2.05, 4.69) is 56.8 Å². The topological polar surface area (TPSA) is 385 Å². The van der Waals surface area contributed by atoms with Crippen molar-refractivity contribution in [2.45, 2.75) is 88.1 Å². The van der Waals surface area contributed by atoms with Crippen LogP contribution in [0, 0.1) is 0 Å². The minimum atomic E-state index is -1.48. The molecule has 1 aliphatic heterocycles. The lowest BCUT2D eigenvalue weighted by atomic mass is 10.0. The first-order valence-electron chi connectivity index (χ1n) is 21.8. The van der Waals surface area contributed by atoms with E-state index >= 15 is 0 Å². The summed E-state index contributed by atoms with van der Waals surface area (Å²) in [6.45, 7) is 0.883. The van der Waals surface area contributed by atoms with Crippen molar-refractivity contribution < 1.29 is 38.7 Å². The summed E-state index contributed by atoms with van der Waals surface area (Å²) in [6, 6.07) is 7.47. The molecule has 68 heavy (non-hydrogen) atoms. The van der Waals surface area contributed by atoms with Gasteiger partial charge in [0.25, 0.3) is 0 Å². The first-order chi connectivity index (χ1) is 32.6. The van der Waals surface area contributed by atoms with E-state index in [4.69, 9.17) is 17.2 Å². The minimum Gasteiger partial charge on any atom is -0.493 e. The third kappa shape index (κ3) is 12.9. The second kappa shape index (κ2) is 22.6. The molecule has 5 aromatic rings. The van der Waals surface area contributed by atoms with Crippen molar-refractivity contribution >= 4 is 58.2 Å². The first-order valence-corrected chi connectivity index (χ1v) is 21.8. The van der Waals surface area contributed by atoms with Gasteiger partial charge < -0.3 is 69.2 Å². The van der Waals surface area contributed by atoms with Crippen LogP contribution in [0.5, 0.6) is 5.88 Å². The number of aryl methyl sites for hydroxylation is 1. The second-order valence-corrected chi connectivity index (χ2v) is 16.3. The number of rotatable bonds is 11. The number of amides is 7. The number of aliphatic imine (C=N–C) groups is 1. The van der Waals surface area contributed by atoms with E-state index in [0.29, 0.717) is 16.8 Å². The number of imidazole rings is 2. The largest absolute Gasteiger partial charge is 0.493 e. The van der Waals surface area contributed by atoms with Crippen molar-refractivity contribution in [2.75, 3.05) is 13.1 Å². The average molecular weight is 938 g/mol. The Morgan fingerprint density at radius 3 is 2.09 bits per heavy atom. The Morgan fingerprint density at radius 2 is 1.40 bits per heavy atom. The maximum Gasteiger partial charge on any atom is 0.329 e. The third-order valence-electron chi connectivity index (χ3n) is 11.3. The molecule has 4 heterocycles. The number of nitrogens with zero attached hydrogens (tertiary/aromatic N) is 3. The smallest absolute Gasteiger partial charge is 0.329 e. The van der Waals surface area contributed by atoms with Crippen molar-refractivity contribution in [1.29, 1.82) is 0 Å². The van der Waals surface area contributed by atoms with E-state index in [0.717, 1.165) is 15.5 Å². The Balaban J connectivity index is 1.39. The number of benzene rings is 2. The zero-order valence-corrected chi connectivity index (χ0v) is 37.0. The summed E-state index contributed by atoms with van der Waals surface area (Å²) in [5.41, 5.74) is 18.2. The molecule has 16 N–H and O–H groups in total. The molecule has 7 amide bonds. The minimum absolute atomic E-state index is 0.0544. The Hall–Kier alpha value is -8.44. The van der Waals surface area contributed by atoms with Crippen LogP contribution in [0.4, 0.5) is 0 Å². The molecule has 360 valence electrons. The van der Waals surface area contributed by atoms with Gasteiger partial charge in [0.05, 0.1) is 12.0 Å². The monoisotopic (exact) mass is 937 g/mol. The van der Waals surface area contributed by atoms with Crippen molar-refractivity contribution in [2.24, 2.45) is 22.2 Å². The van der Waals surface area contributed by atoms with Gasteiger partial charge in [0.1, 0.15) is 36.3 Å². The van der Waals surface area contributed by atoms with Crippen molar-refractivity contribution in [3.8, 4) is 5.88 Å². The molecule has 24 heteroatoms. The fourth-order valence-electron chi connectivity index (χ4n) is 7.67. The van der Waals surface area contributed by atoms with Crippen LogP contribution in [0.15, 0.2) is 83.1 Å². The molecule has 3 aromatic heterocycles. The van der Waals surface area contributed by atoms with E-state index in [-0.39, 0.29) is 63.1 Å². The van der Waals surface area contributed by atoms with Gasteiger partial charge in [-0.25, -0.2) is 9.78 Å². The number of fused-ring (bicyclic) bond motifs is 3. The van der Waals surface area contributed by atoms with Gasteiger partial charge in [0.15, 0.2) is 5.96 Å². The van der Waals surface area contributed by atoms with Gasteiger partial charge in [-0.1, -0.05) is 48.5 Å². The molecule has 0 saturated carbocycles. The molecular formula is C44H55N15O9. The molecule has 0 fully saturated rings. The number of hydrogen-bond donors (Lipinski definition) is 13. The maximum atomic E-state index is 14.5. The van der Waals surface area contributed by atoms with Gasteiger partial charge in [0, 0.05) is 74.2 Å². The van der Waals surface area contributed by atoms with Gasteiger partial charge in [-0.15, -0.1) is 0 Å². The molecule has 0 aliphatic carbocycles. The summed E-state index contributed by atoms with van der Waals surface area (Å²) in [7, 11) is 0. The number of nitrogens with two attached hydrogens (primary N) is 3. The predicted octanol–water partition coefficient (Wildman–Crippen LogP) is -2.60. The number of carbonyl (C=O) groups is 7. The van der Waals surface area contributed by atoms with Crippen molar-refractivity contribution in [1.82, 2.24) is 56.4 Å². The van der Waals surface area contributed by atoms with E-state index < -0.39 is 95.7 Å². The van der Waals surface area contributed by atoms with Gasteiger partial charge in [-0.2, -0.15) is 0 Å². The van der Waals surface area contributed by atoms with E-state index in [9.17, 15) is 43.5 Å². The number of para-hydroxylation sites is 1. The quantitative estimate of drug-likeness (QED) is 0.0369. The van der Waals surface area contributed by atoms with Crippen LogP contribution in [0.2, 0.25) is 0 Å². The van der Waals surface area contributed by atoms with Gasteiger partial charge in [-0.3, -0.25) is 43.1 Å². The highest BCUT2D eigenvalue weighted by molar-refractivity contribution is 5.97. The van der Waals surface area contributed by atoms with Crippen LogP contribution in [0.3, 0.4) is 0 Å². The summed E-state index contributed by atoms with van der Waals surface area (Å²) < 4.78 is 0.752. The van der Waals surface area contributed by atoms with E-state index in [1.54, 1.807) is 42.6 Å². The lowest BCUT2D eigenvalue weighted by Crippen LogP contribution is -2.60. The standard InChI is InChI=1S/C44H55N15O9/c1-23-37(62)54-33(18-26-20-48-22-52-26)41(66)55-31(16-24-8-3-2-4-9-24)39(64)53-29(12-7-15-49-43(46)47)38(63)56-32(17-25-19-50-28-11-6-5-10-27(25)28)40(65)57-34(36(45)61)21-51-35(60)14-13-30-42(67)59(23)44(68)58-30/h2-6,8-11,19-20,22-23,29,31-34,50,67H,7,12-18,21H2,1H3,(H2,45,61)(H,48,52)(H,51,60)(H,53,64)(H,54,62)(H,55,66)(H,56,63)(H,57,65)(H,58,68)(H4,46,47,49)/t23-,29+,31-,32+,33+,34+/m1/s1. The highest BCUT2D eigenvalue weighted by atomic mass is 16.3. The molecule has 6 atom stereocenters. The summed E-state index contributed by atoms with van der Waals surface area (Å²) in [5.74, 6) is -6.76. The SMILES string of the molecule is C[C@@H]1C(=O)N[C@@H](Cc2cnc[nH]2)C(=O)N[C@H](Cc2ccccc2)C(=O)N[C@@H](CCCN=C(N)N)C(=O)N[C@@H](Cc2c[nH]c3ccccc23)C(=O)N[C@H](C(N)=O)CNC(=O)CCc2[nH]c(=O)n1c2O. The third-order valence-corrected chi connectivity index (χ3v) is 11.3. The number of aromatic nitrogens is 5. The van der Waals surface area contributed by atoms with Gasteiger partial charge in [-0.05, 0) is 37.0 Å². The van der Waals surface area contributed by atoms with Crippen molar-refractivity contribution in [3.05, 3.63) is 106 Å². The average Bonchev–Trinajstić information content (AvgIpc) is 4.05. The summed E-state index contributed by atoms with van der Waals surface area (Å²) >= 11 is 0. The predicted molar refractivity (Wildman–Crippen MR) is 246 cm³/mol. The number of aromatic hydroxyl groups is 1. The fourth-order valence-corrected chi connectivity index (χ4v) is 7.67. The van der Waals surface area contributed by atoms with Crippen LogP contribution in [-0.4, -0.2) is 120 Å². The van der Waals surface area contributed by atoms with Crippen LogP contribution in [0.25, 0.3) is 10.9 Å². The molecule has 2 aromatic carbocycles. The van der Waals surface area contributed by atoms with Crippen molar-refractivity contribution in [3.63, 3.8) is 0 Å². The number of carbonyl (C=O) groups excluding carboxylic acids is 7. The number of aromatic amines is 3. The number of hydrogen-bond acceptors (Lipinski definition) is 11. The second-order valence-electron chi connectivity index (χ2n) is 16.3. The normalized spacial score (nSPS) is 21.5. The Morgan fingerprint density at radius 1 is 0.765 bits per heavy atom. The molecule has 0 spiro atoms. The van der Waals surface area contributed by atoms with Gasteiger partial charge in [0.2, 0.25) is 47.2 Å². The van der Waals surface area contributed by atoms with E-state index in [1.807, 2.05) is 18.2 Å². The van der Waals surface area contributed by atoms with Crippen LogP contribution < -0.4 is 54.8 Å². The molecule has 1 aliphatic rings. The molecule has 6 rings (SSSR count). The molecule has 0 unspecified atom stereocenters. The molecule has 0 saturated heterocycles. The van der Waals surface area contributed by atoms with E-state index in [1.165, 1.54) is 19.4 Å². The van der Waals surface area contributed by atoms with Gasteiger partial charge >= 0.3 is 5.69 Å². The highest BCUT2D eigenvalue weighted by Gasteiger charge is 2.34. The molecule has 2 bridgehead atoms. The number of nitrogens with one attached hydrogen (secondary N) is 9. The summed E-state index contributed by atoms with van der Waals surface area (Å²) in [4.78, 5) is 127. The Labute approximate surface area is 388 Å². The maximum absolute atomic E-state index is 14.5. The number of primary amides is 1. The highest BCUT2D eigenvalue weighted by Crippen LogP contribution is 2.21. The fraction of sp³-hybridized carbons (Fsp3) is 0.364. The van der Waals surface area contributed by atoms with Crippen LogP contribution in [-0.2, 0) is 59.2 Å². The summed E-state index contributed by atoms with van der Waals surface area (Å²) in [6.07, 6.45) is 3.61.